The molecule has 110 valence electrons. The van der Waals surface area contributed by atoms with E-state index in [0.29, 0.717) is 12.2 Å². The van der Waals surface area contributed by atoms with Gasteiger partial charge in [0.1, 0.15) is 5.75 Å². The maximum Gasteiger partial charge on any atom is 0.256 e. The van der Waals surface area contributed by atoms with Crippen molar-refractivity contribution in [3.8, 4) is 5.75 Å². The maximum absolute atomic E-state index is 12.5. The molecule has 0 aliphatic heterocycles. The summed E-state index contributed by atoms with van der Waals surface area (Å²) in [6, 6.07) is 16.7. The van der Waals surface area contributed by atoms with Gasteiger partial charge in [-0.1, -0.05) is 18.2 Å². The van der Waals surface area contributed by atoms with Crippen molar-refractivity contribution in [2.24, 2.45) is 0 Å². The zero-order valence-electron chi connectivity index (χ0n) is 12.2. The van der Waals surface area contributed by atoms with Gasteiger partial charge in [-0.25, -0.2) is 0 Å². The van der Waals surface area contributed by atoms with E-state index in [1.54, 1.807) is 12.3 Å². The predicted molar refractivity (Wildman–Crippen MR) is 87.3 cm³/mol. The summed E-state index contributed by atoms with van der Waals surface area (Å²) in [5.74, 6) is 0.637. The molecule has 3 rings (SSSR count). The second-order valence-electron chi connectivity index (χ2n) is 4.79. The van der Waals surface area contributed by atoms with Gasteiger partial charge in [0.25, 0.3) is 5.91 Å². The Morgan fingerprint density at radius 3 is 2.64 bits per heavy atom. The highest BCUT2D eigenvalue weighted by molar-refractivity contribution is 6.12. The molecule has 0 fully saturated rings. The highest BCUT2D eigenvalue weighted by Gasteiger charge is 2.10. The summed E-state index contributed by atoms with van der Waals surface area (Å²) in [4.78, 5) is 16.7. The third-order valence-corrected chi connectivity index (χ3v) is 3.32. The molecule has 0 aliphatic rings. The van der Waals surface area contributed by atoms with Crippen LogP contribution in [-0.4, -0.2) is 17.5 Å². The van der Waals surface area contributed by atoms with Crippen molar-refractivity contribution in [2.75, 3.05) is 11.9 Å². The fraction of sp³-hybridized carbons (Fsp3) is 0.111. The van der Waals surface area contributed by atoms with E-state index in [2.05, 4.69) is 10.3 Å². The Balaban J connectivity index is 1.84. The zero-order valence-corrected chi connectivity index (χ0v) is 12.2. The minimum atomic E-state index is -0.150. The lowest BCUT2D eigenvalue weighted by molar-refractivity contribution is 0.102. The molecule has 22 heavy (non-hydrogen) atoms. The number of amides is 1. The number of para-hydroxylation sites is 1. The molecular weight excluding hydrogens is 276 g/mol. The lowest BCUT2D eigenvalue weighted by Gasteiger charge is -2.08. The third kappa shape index (κ3) is 2.91. The molecule has 2 aromatic carbocycles. The van der Waals surface area contributed by atoms with E-state index >= 15 is 0 Å². The Bertz CT molecular complexity index is 792. The molecule has 0 saturated heterocycles. The smallest absolute Gasteiger partial charge is 0.256 e. The molecule has 1 N–H and O–H groups in total. The van der Waals surface area contributed by atoms with Crippen LogP contribution in [0.5, 0.6) is 5.75 Å². The number of aromatic nitrogens is 1. The Morgan fingerprint density at radius 1 is 1.09 bits per heavy atom. The molecule has 4 nitrogen and oxygen atoms in total. The lowest BCUT2D eigenvalue weighted by Crippen LogP contribution is -2.12. The van der Waals surface area contributed by atoms with Crippen molar-refractivity contribution in [3.05, 3.63) is 66.4 Å². The highest BCUT2D eigenvalue weighted by atomic mass is 16.5. The SMILES string of the molecule is CCOc1ccc(NC(=O)c2ccnc3ccccc23)cc1. The maximum atomic E-state index is 12.5. The summed E-state index contributed by atoms with van der Waals surface area (Å²) in [7, 11) is 0. The van der Waals surface area contributed by atoms with E-state index in [-0.39, 0.29) is 5.91 Å². The molecule has 0 unspecified atom stereocenters. The number of hydrogen-bond acceptors (Lipinski definition) is 3. The lowest BCUT2D eigenvalue weighted by atomic mass is 10.1. The van der Waals surface area contributed by atoms with Crippen molar-refractivity contribution >= 4 is 22.5 Å². The van der Waals surface area contributed by atoms with Gasteiger partial charge in [0.2, 0.25) is 0 Å². The average Bonchev–Trinajstić information content (AvgIpc) is 2.56. The van der Waals surface area contributed by atoms with Crippen LogP contribution in [0.2, 0.25) is 0 Å². The summed E-state index contributed by atoms with van der Waals surface area (Å²) in [6.07, 6.45) is 1.65. The Labute approximate surface area is 128 Å². The van der Waals surface area contributed by atoms with Crippen LogP contribution in [0.4, 0.5) is 5.69 Å². The van der Waals surface area contributed by atoms with Gasteiger partial charge in [-0.3, -0.25) is 9.78 Å². The monoisotopic (exact) mass is 292 g/mol. The van der Waals surface area contributed by atoms with Crippen LogP contribution in [0.15, 0.2) is 60.8 Å². The third-order valence-electron chi connectivity index (χ3n) is 3.32. The molecule has 1 heterocycles. The first kappa shape index (κ1) is 14.1. The number of anilines is 1. The first-order valence-corrected chi connectivity index (χ1v) is 7.16. The van der Waals surface area contributed by atoms with Crippen LogP contribution in [-0.2, 0) is 0 Å². The van der Waals surface area contributed by atoms with Crippen LogP contribution < -0.4 is 10.1 Å². The molecule has 0 aliphatic carbocycles. The molecule has 0 spiro atoms. The number of carbonyl (C=O) groups excluding carboxylic acids is 1. The number of ether oxygens (including phenoxy) is 1. The molecular formula is C18H16N2O2. The largest absolute Gasteiger partial charge is 0.494 e. The fourth-order valence-corrected chi connectivity index (χ4v) is 2.29. The van der Waals surface area contributed by atoms with Crippen molar-refractivity contribution in [3.63, 3.8) is 0 Å². The van der Waals surface area contributed by atoms with E-state index in [4.69, 9.17) is 4.74 Å². The Morgan fingerprint density at radius 2 is 1.86 bits per heavy atom. The van der Waals surface area contributed by atoms with Gasteiger partial charge in [-0.15, -0.1) is 0 Å². The van der Waals surface area contributed by atoms with E-state index in [1.807, 2.05) is 55.5 Å². The molecule has 1 aromatic heterocycles. The van der Waals surface area contributed by atoms with Crippen molar-refractivity contribution < 1.29 is 9.53 Å². The number of nitrogens with zero attached hydrogens (tertiary/aromatic N) is 1. The summed E-state index contributed by atoms with van der Waals surface area (Å²) < 4.78 is 5.39. The Kier molecular flexibility index (Phi) is 4.01. The Hall–Kier alpha value is -2.88. The molecule has 0 radical (unpaired) electrons. The molecule has 3 aromatic rings. The first-order valence-electron chi connectivity index (χ1n) is 7.16. The number of pyridine rings is 1. The first-order chi connectivity index (χ1) is 10.8. The van der Waals surface area contributed by atoms with Gasteiger partial charge in [0, 0.05) is 17.3 Å². The molecule has 0 bridgehead atoms. The van der Waals surface area contributed by atoms with Gasteiger partial charge in [-0.2, -0.15) is 0 Å². The molecule has 0 atom stereocenters. The number of benzene rings is 2. The number of nitrogens with one attached hydrogen (secondary N) is 1. The van der Waals surface area contributed by atoms with Crippen LogP contribution in [0.3, 0.4) is 0 Å². The number of hydrogen-bond donors (Lipinski definition) is 1. The summed E-state index contributed by atoms with van der Waals surface area (Å²) in [5, 5.41) is 3.74. The van der Waals surface area contributed by atoms with Crippen molar-refractivity contribution in [2.45, 2.75) is 6.92 Å². The van der Waals surface area contributed by atoms with Crippen LogP contribution in [0, 0.1) is 0 Å². The minimum Gasteiger partial charge on any atom is -0.494 e. The van der Waals surface area contributed by atoms with Gasteiger partial charge < -0.3 is 10.1 Å². The molecule has 1 amide bonds. The van der Waals surface area contributed by atoms with E-state index in [9.17, 15) is 4.79 Å². The predicted octanol–water partition coefficient (Wildman–Crippen LogP) is 3.89. The second kappa shape index (κ2) is 6.26. The van der Waals surface area contributed by atoms with Crippen LogP contribution in [0.25, 0.3) is 10.9 Å². The van der Waals surface area contributed by atoms with Gasteiger partial charge >= 0.3 is 0 Å². The van der Waals surface area contributed by atoms with E-state index in [1.165, 1.54) is 0 Å². The van der Waals surface area contributed by atoms with Crippen molar-refractivity contribution in [1.29, 1.82) is 0 Å². The topological polar surface area (TPSA) is 51.2 Å². The van der Waals surface area contributed by atoms with Gasteiger partial charge in [-0.05, 0) is 43.3 Å². The highest BCUT2D eigenvalue weighted by Crippen LogP contribution is 2.19. The van der Waals surface area contributed by atoms with E-state index in [0.717, 1.165) is 22.3 Å². The number of rotatable bonds is 4. The average molecular weight is 292 g/mol. The summed E-state index contributed by atoms with van der Waals surface area (Å²) in [6.45, 7) is 2.55. The molecule has 0 saturated carbocycles. The summed E-state index contributed by atoms with van der Waals surface area (Å²) in [5.41, 5.74) is 2.15. The van der Waals surface area contributed by atoms with Crippen LogP contribution in [0.1, 0.15) is 17.3 Å². The quantitative estimate of drug-likeness (QED) is 0.793. The number of carbonyl (C=O) groups is 1. The normalized spacial score (nSPS) is 10.4. The standard InChI is InChI=1S/C18H16N2O2/c1-2-22-14-9-7-13(8-10-14)20-18(21)16-11-12-19-17-6-4-3-5-15(16)17/h3-12H,2H2,1H3,(H,20,21). The molecule has 4 heteroatoms. The van der Waals surface area contributed by atoms with Gasteiger partial charge in [0.15, 0.2) is 0 Å². The second-order valence-corrected chi connectivity index (χ2v) is 4.79. The van der Waals surface area contributed by atoms with E-state index < -0.39 is 0 Å². The summed E-state index contributed by atoms with van der Waals surface area (Å²) >= 11 is 0. The van der Waals surface area contributed by atoms with Gasteiger partial charge in [0.05, 0.1) is 17.7 Å². The number of fused-ring (bicyclic) bond motifs is 1. The van der Waals surface area contributed by atoms with Crippen molar-refractivity contribution in [1.82, 2.24) is 4.98 Å². The zero-order chi connectivity index (χ0) is 15.4. The van der Waals surface area contributed by atoms with Crippen LogP contribution >= 0.6 is 0 Å². The minimum absolute atomic E-state index is 0.150. The fourth-order valence-electron chi connectivity index (χ4n) is 2.29.